The molecule has 0 aliphatic rings. The van der Waals surface area contributed by atoms with Crippen LogP contribution in [0.1, 0.15) is 43.4 Å². The molecule has 0 bridgehead atoms. The maximum absolute atomic E-state index is 5.94. The van der Waals surface area contributed by atoms with Gasteiger partial charge in [-0.25, -0.2) is 0 Å². The number of pyridine rings is 1. The van der Waals surface area contributed by atoms with Crippen molar-refractivity contribution in [2.45, 2.75) is 39.7 Å². The normalized spacial score (nSPS) is 13.2. The highest BCUT2D eigenvalue weighted by Gasteiger charge is 2.32. The van der Waals surface area contributed by atoms with Crippen LogP contribution in [0.5, 0.6) is 5.75 Å². The van der Waals surface area contributed by atoms with Crippen molar-refractivity contribution in [3.8, 4) is 17.0 Å². The van der Waals surface area contributed by atoms with Gasteiger partial charge in [-0.3, -0.25) is 4.98 Å². The lowest BCUT2D eigenvalue weighted by Gasteiger charge is -2.35. The molecule has 0 N–H and O–H groups in total. The number of aromatic nitrogens is 5. The smallest absolute Gasteiger partial charge is 0.177 e. The summed E-state index contributed by atoms with van der Waals surface area (Å²) < 4.78 is 7.72. The molecule has 0 spiro atoms. The Morgan fingerprint density at radius 3 is 2.23 bits per heavy atom. The van der Waals surface area contributed by atoms with E-state index in [1.807, 2.05) is 49.4 Å². The minimum atomic E-state index is -0.152. The zero-order chi connectivity index (χ0) is 24.4. The largest absolute Gasteiger partial charge is 0.487 e. The van der Waals surface area contributed by atoms with Gasteiger partial charge in [0.25, 0.3) is 0 Å². The molecule has 2 aromatic carbocycles. The molecule has 0 saturated heterocycles. The van der Waals surface area contributed by atoms with Gasteiger partial charge in [-0.05, 0) is 60.4 Å². The van der Waals surface area contributed by atoms with Crippen molar-refractivity contribution in [2.75, 3.05) is 0 Å². The Hall–Kier alpha value is -4.06. The minimum absolute atomic E-state index is 0.152. The van der Waals surface area contributed by atoms with E-state index in [0.717, 1.165) is 34.2 Å². The Labute approximate surface area is 205 Å². The molecular weight excluding hydrogens is 434 g/mol. The molecule has 0 amide bonds. The molecular formula is C29H29N5O. The molecule has 5 rings (SSSR count). The van der Waals surface area contributed by atoms with Crippen molar-refractivity contribution in [1.29, 1.82) is 0 Å². The summed E-state index contributed by atoms with van der Waals surface area (Å²) in [4.78, 5) is 4.32. The zero-order valence-corrected chi connectivity index (χ0v) is 20.5. The Bertz CT molecular complexity index is 1430. The lowest BCUT2D eigenvalue weighted by Crippen LogP contribution is -2.30. The van der Waals surface area contributed by atoms with Crippen LogP contribution in [0.2, 0.25) is 0 Å². The highest BCUT2D eigenvalue weighted by molar-refractivity contribution is 5.61. The number of hydrogen-bond acceptors (Lipinski definition) is 5. The number of rotatable bonds is 7. The first-order chi connectivity index (χ1) is 16.9. The molecule has 0 fully saturated rings. The van der Waals surface area contributed by atoms with Crippen LogP contribution in [-0.4, -0.2) is 24.8 Å². The van der Waals surface area contributed by atoms with Gasteiger partial charge in [0.05, 0.1) is 11.4 Å². The van der Waals surface area contributed by atoms with Crippen LogP contribution in [0.4, 0.5) is 0 Å². The number of ether oxygens (including phenoxy) is 1. The Balaban J connectivity index is 1.39. The van der Waals surface area contributed by atoms with Gasteiger partial charge in [-0.2, -0.15) is 9.61 Å². The summed E-state index contributed by atoms with van der Waals surface area (Å²) >= 11 is 0. The topological polar surface area (TPSA) is 65.2 Å². The van der Waals surface area contributed by atoms with Crippen molar-refractivity contribution in [1.82, 2.24) is 24.8 Å². The quantitative estimate of drug-likeness (QED) is 0.295. The van der Waals surface area contributed by atoms with Crippen molar-refractivity contribution in [3.05, 3.63) is 108 Å². The lowest BCUT2D eigenvalue weighted by molar-refractivity contribution is 0.301. The van der Waals surface area contributed by atoms with Gasteiger partial charge >= 0.3 is 0 Å². The van der Waals surface area contributed by atoms with E-state index in [9.17, 15) is 0 Å². The number of hydrogen-bond donors (Lipinski definition) is 0. The SMILES string of the molecule is Cc1nnc2ccc(-c3ccc(C(C)(c4ccc(OCc5ccccn5)cc4)C(C)C)cc3)nn12. The van der Waals surface area contributed by atoms with E-state index in [-0.39, 0.29) is 5.41 Å². The van der Waals surface area contributed by atoms with Gasteiger partial charge in [-0.1, -0.05) is 63.2 Å². The van der Waals surface area contributed by atoms with Crippen LogP contribution < -0.4 is 4.74 Å². The highest BCUT2D eigenvalue weighted by atomic mass is 16.5. The maximum Gasteiger partial charge on any atom is 0.177 e. The Morgan fingerprint density at radius 1 is 0.857 bits per heavy atom. The van der Waals surface area contributed by atoms with Crippen molar-refractivity contribution < 1.29 is 4.74 Å². The third-order valence-electron chi connectivity index (χ3n) is 6.92. The van der Waals surface area contributed by atoms with Crippen molar-refractivity contribution >= 4 is 5.65 Å². The molecule has 0 aliphatic heterocycles. The van der Waals surface area contributed by atoms with E-state index in [1.54, 1.807) is 10.7 Å². The number of benzene rings is 2. The fourth-order valence-electron chi connectivity index (χ4n) is 4.41. The molecule has 0 saturated carbocycles. The third-order valence-corrected chi connectivity index (χ3v) is 6.92. The molecule has 3 aromatic heterocycles. The third kappa shape index (κ3) is 4.39. The summed E-state index contributed by atoms with van der Waals surface area (Å²) in [5, 5.41) is 12.9. The van der Waals surface area contributed by atoms with Gasteiger partial charge in [0.2, 0.25) is 0 Å². The van der Waals surface area contributed by atoms with E-state index >= 15 is 0 Å². The predicted molar refractivity (Wildman–Crippen MR) is 137 cm³/mol. The molecule has 1 atom stereocenters. The van der Waals surface area contributed by atoms with Gasteiger partial charge in [0.15, 0.2) is 11.5 Å². The molecule has 1 unspecified atom stereocenters. The second kappa shape index (κ2) is 9.29. The predicted octanol–water partition coefficient (Wildman–Crippen LogP) is 6.04. The summed E-state index contributed by atoms with van der Waals surface area (Å²) in [6.45, 7) is 9.20. The number of aryl methyl sites for hydroxylation is 1. The van der Waals surface area contributed by atoms with E-state index in [2.05, 4.69) is 72.4 Å². The highest BCUT2D eigenvalue weighted by Crippen LogP contribution is 2.40. The van der Waals surface area contributed by atoms with Crippen LogP contribution in [-0.2, 0) is 12.0 Å². The summed E-state index contributed by atoms with van der Waals surface area (Å²) in [7, 11) is 0. The second-order valence-electron chi connectivity index (χ2n) is 9.30. The molecule has 0 radical (unpaired) electrons. The van der Waals surface area contributed by atoms with Crippen molar-refractivity contribution in [3.63, 3.8) is 0 Å². The Kier molecular flexibility index (Phi) is 6.03. The summed E-state index contributed by atoms with van der Waals surface area (Å²) in [6.07, 6.45) is 1.78. The summed E-state index contributed by atoms with van der Waals surface area (Å²) in [6, 6.07) is 27.0. The zero-order valence-electron chi connectivity index (χ0n) is 20.5. The average Bonchev–Trinajstić information content (AvgIpc) is 3.28. The van der Waals surface area contributed by atoms with Gasteiger partial charge in [0, 0.05) is 17.2 Å². The molecule has 6 nitrogen and oxygen atoms in total. The van der Waals surface area contributed by atoms with Crippen LogP contribution in [0, 0.1) is 12.8 Å². The molecule has 35 heavy (non-hydrogen) atoms. The maximum atomic E-state index is 5.94. The Morgan fingerprint density at radius 2 is 1.57 bits per heavy atom. The van der Waals surface area contributed by atoms with E-state index < -0.39 is 0 Å². The van der Waals surface area contributed by atoms with Gasteiger partial charge in [-0.15, -0.1) is 10.2 Å². The van der Waals surface area contributed by atoms with Crippen LogP contribution in [0.25, 0.3) is 16.9 Å². The van der Waals surface area contributed by atoms with E-state index in [4.69, 9.17) is 9.84 Å². The molecule has 176 valence electrons. The summed E-state index contributed by atoms with van der Waals surface area (Å²) in [5.74, 6) is 2.01. The van der Waals surface area contributed by atoms with Gasteiger partial charge in [0.1, 0.15) is 12.4 Å². The van der Waals surface area contributed by atoms with Crippen LogP contribution in [0.3, 0.4) is 0 Å². The number of fused-ring (bicyclic) bond motifs is 1. The van der Waals surface area contributed by atoms with Crippen molar-refractivity contribution in [2.24, 2.45) is 5.92 Å². The van der Waals surface area contributed by atoms with E-state index in [0.29, 0.717) is 12.5 Å². The van der Waals surface area contributed by atoms with Crippen LogP contribution >= 0.6 is 0 Å². The fourth-order valence-corrected chi connectivity index (χ4v) is 4.41. The van der Waals surface area contributed by atoms with Gasteiger partial charge < -0.3 is 4.74 Å². The first kappa shape index (κ1) is 22.7. The van der Waals surface area contributed by atoms with Crippen LogP contribution in [0.15, 0.2) is 85.1 Å². The monoisotopic (exact) mass is 463 g/mol. The summed E-state index contributed by atoms with van der Waals surface area (Å²) in [5.41, 5.74) is 5.99. The first-order valence-corrected chi connectivity index (χ1v) is 11.9. The molecule has 6 heteroatoms. The number of nitrogens with zero attached hydrogens (tertiary/aromatic N) is 5. The first-order valence-electron chi connectivity index (χ1n) is 11.9. The molecule has 3 heterocycles. The average molecular weight is 464 g/mol. The fraction of sp³-hybridized carbons (Fsp3) is 0.241. The molecule has 5 aromatic rings. The lowest BCUT2D eigenvalue weighted by atomic mass is 9.68. The molecule has 0 aliphatic carbocycles. The second-order valence-corrected chi connectivity index (χ2v) is 9.30. The standard InChI is InChI=1S/C29H29N5O/c1-20(2)29(4,24-12-14-26(15-13-24)35-19-25-7-5-6-18-30-25)23-10-8-22(9-11-23)27-16-17-28-32-31-21(3)34(28)33-27/h5-18,20H,19H2,1-4H3. The van der Waals surface area contributed by atoms with E-state index in [1.165, 1.54) is 11.1 Å². The minimum Gasteiger partial charge on any atom is -0.487 e.